The third-order valence-electron chi connectivity index (χ3n) is 4.74. The SMILES string of the molecule is Cc1cc(C(=O)NN=Cc2sc(Nc3ccccc3)nc2Cl)c(C)n1-c1ccc(F)cc1. The van der Waals surface area contributed by atoms with Gasteiger partial charge in [-0.2, -0.15) is 5.10 Å². The van der Waals surface area contributed by atoms with Gasteiger partial charge in [0.2, 0.25) is 0 Å². The molecular formula is C23H19ClFN5OS. The number of rotatable bonds is 6. The Kier molecular flexibility index (Phi) is 6.34. The van der Waals surface area contributed by atoms with Crippen LogP contribution in [-0.4, -0.2) is 21.7 Å². The van der Waals surface area contributed by atoms with Gasteiger partial charge in [-0.05, 0) is 56.3 Å². The van der Waals surface area contributed by atoms with E-state index in [9.17, 15) is 9.18 Å². The lowest BCUT2D eigenvalue weighted by Crippen LogP contribution is -2.18. The minimum Gasteiger partial charge on any atom is -0.331 e. The smallest absolute Gasteiger partial charge is 0.273 e. The average molecular weight is 468 g/mol. The first kappa shape index (κ1) is 21.7. The lowest BCUT2D eigenvalue weighted by atomic mass is 10.2. The van der Waals surface area contributed by atoms with Gasteiger partial charge in [-0.15, -0.1) is 0 Å². The highest BCUT2D eigenvalue weighted by Gasteiger charge is 2.16. The molecule has 32 heavy (non-hydrogen) atoms. The summed E-state index contributed by atoms with van der Waals surface area (Å²) in [6.07, 6.45) is 1.47. The highest BCUT2D eigenvalue weighted by Crippen LogP contribution is 2.28. The van der Waals surface area contributed by atoms with E-state index >= 15 is 0 Å². The molecule has 4 rings (SSSR count). The van der Waals surface area contributed by atoms with E-state index in [1.807, 2.05) is 48.7 Å². The molecular weight excluding hydrogens is 449 g/mol. The summed E-state index contributed by atoms with van der Waals surface area (Å²) in [6.45, 7) is 3.71. The summed E-state index contributed by atoms with van der Waals surface area (Å²) in [4.78, 5) is 17.6. The van der Waals surface area contributed by atoms with Crippen molar-refractivity contribution >= 4 is 45.9 Å². The number of carbonyl (C=O) groups excluding carboxylic acids is 1. The minimum absolute atomic E-state index is 0.293. The van der Waals surface area contributed by atoms with E-state index in [1.165, 1.54) is 29.7 Å². The second-order valence-corrected chi connectivity index (χ2v) is 8.35. The molecule has 0 saturated heterocycles. The van der Waals surface area contributed by atoms with Crippen LogP contribution < -0.4 is 10.7 Å². The molecule has 2 aromatic heterocycles. The van der Waals surface area contributed by atoms with E-state index in [-0.39, 0.29) is 11.7 Å². The van der Waals surface area contributed by atoms with Crippen LogP contribution in [0.5, 0.6) is 0 Å². The fraction of sp³-hybridized carbons (Fsp3) is 0.0870. The second-order valence-electron chi connectivity index (χ2n) is 6.96. The maximum absolute atomic E-state index is 13.2. The van der Waals surface area contributed by atoms with Crippen molar-refractivity contribution in [2.45, 2.75) is 13.8 Å². The normalized spacial score (nSPS) is 11.1. The third-order valence-corrected chi connectivity index (χ3v) is 6.05. The molecule has 4 aromatic rings. The van der Waals surface area contributed by atoms with E-state index in [2.05, 4.69) is 20.8 Å². The van der Waals surface area contributed by atoms with E-state index in [1.54, 1.807) is 18.2 Å². The number of halogens is 2. The highest BCUT2D eigenvalue weighted by atomic mass is 35.5. The van der Waals surface area contributed by atoms with Crippen LogP contribution in [0.2, 0.25) is 5.15 Å². The number of anilines is 2. The highest BCUT2D eigenvalue weighted by molar-refractivity contribution is 7.17. The molecule has 0 saturated carbocycles. The molecule has 9 heteroatoms. The Morgan fingerprint density at radius 2 is 1.88 bits per heavy atom. The van der Waals surface area contributed by atoms with Gasteiger partial charge in [-0.1, -0.05) is 41.1 Å². The third kappa shape index (κ3) is 4.71. The molecule has 0 aliphatic rings. The lowest BCUT2D eigenvalue weighted by Gasteiger charge is -2.09. The number of para-hydroxylation sites is 1. The Labute approximate surface area is 193 Å². The molecule has 0 spiro atoms. The first-order chi connectivity index (χ1) is 15.4. The van der Waals surface area contributed by atoms with Crippen molar-refractivity contribution in [2.24, 2.45) is 5.10 Å². The summed E-state index contributed by atoms with van der Waals surface area (Å²) in [7, 11) is 0. The van der Waals surface area contributed by atoms with Crippen molar-refractivity contribution < 1.29 is 9.18 Å². The fourth-order valence-corrected chi connectivity index (χ4v) is 4.33. The summed E-state index contributed by atoms with van der Waals surface area (Å²) in [6, 6.07) is 17.5. The van der Waals surface area contributed by atoms with Gasteiger partial charge in [-0.25, -0.2) is 14.8 Å². The summed E-state index contributed by atoms with van der Waals surface area (Å²) < 4.78 is 15.1. The number of hydrazone groups is 1. The number of nitrogens with one attached hydrogen (secondary N) is 2. The van der Waals surface area contributed by atoms with Crippen LogP contribution in [0.1, 0.15) is 26.6 Å². The average Bonchev–Trinajstić information content (AvgIpc) is 3.27. The van der Waals surface area contributed by atoms with Gasteiger partial charge < -0.3 is 9.88 Å². The van der Waals surface area contributed by atoms with Crippen molar-refractivity contribution in [3.8, 4) is 5.69 Å². The van der Waals surface area contributed by atoms with Crippen LogP contribution >= 0.6 is 22.9 Å². The largest absolute Gasteiger partial charge is 0.331 e. The molecule has 1 amide bonds. The summed E-state index contributed by atoms with van der Waals surface area (Å²) >= 11 is 7.52. The van der Waals surface area contributed by atoms with Crippen LogP contribution in [0, 0.1) is 19.7 Å². The minimum atomic E-state index is -0.356. The molecule has 0 unspecified atom stereocenters. The number of hydrogen-bond acceptors (Lipinski definition) is 5. The van der Waals surface area contributed by atoms with E-state index in [0.29, 0.717) is 20.7 Å². The van der Waals surface area contributed by atoms with Crippen molar-refractivity contribution in [3.05, 3.63) is 93.5 Å². The number of benzene rings is 2. The number of amides is 1. The molecule has 2 aromatic carbocycles. The van der Waals surface area contributed by atoms with E-state index in [4.69, 9.17) is 11.6 Å². The lowest BCUT2D eigenvalue weighted by molar-refractivity contribution is 0.0954. The Morgan fingerprint density at radius 1 is 1.16 bits per heavy atom. The zero-order valence-corrected chi connectivity index (χ0v) is 18.8. The second kappa shape index (κ2) is 9.33. The van der Waals surface area contributed by atoms with Crippen molar-refractivity contribution in [2.75, 3.05) is 5.32 Å². The van der Waals surface area contributed by atoms with Gasteiger partial charge >= 0.3 is 0 Å². The van der Waals surface area contributed by atoms with E-state index in [0.717, 1.165) is 22.8 Å². The molecule has 6 nitrogen and oxygen atoms in total. The number of aromatic nitrogens is 2. The zero-order chi connectivity index (χ0) is 22.7. The molecule has 0 radical (unpaired) electrons. The molecule has 0 fully saturated rings. The molecule has 162 valence electrons. The van der Waals surface area contributed by atoms with Crippen molar-refractivity contribution in [1.29, 1.82) is 0 Å². The Morgan fingerprint density at radius 3 is 2.59 bits per heavy atom. The Bertz CT molecular complexity index is 1280. The number of carbonyl (C=O) groups is 1. The molecule has 0 aliphatic heterocycles. The van der Waals surface area contributed by atoms with E-state index < -0.39 is 0 Å². The molecule has 0 atom stereocenters. The van der Waals surface area contributed by atoms with Crippen LogP contribution in [-0.2, 0) is 0 Å². The van der Waals surface area contributed by atoms with Crippen LogP contribution in [0.3, 0.4) is 0 Å². The summed E-state index contributed by atoms with van der Waals surface area (Å²) in [5.74, 6) is -0.668. The van der Waals surface area contributed by atoms with Crippen molar-refractivity contribution in [3.63, 3.8) is 0 Å². The van der Waals surface area contributed by atoms with Crippen LogP contribution in [0.4, 0.5) is 15.2 Å². The van der Waals surface area contributed by atoms with Gasteiger partial charge in [-0.3, -0.25) is 4.79 Å². The summed E-state index contributed by atoms with van der Waals surface area (Å²) in [5, 5.41) is 8.13. The van der Waals surface area contributed by atoms with Gasteiger partial charge in [0.25, 0.3) is 5.91 Å². The van der Waals surface area contributed by atoms with Gasteiger partial charge in [0, 0.05) is 22.8 Å². The number of thiazole rings is 1. The number of nitrogens with zero attached hydrogens (tertiary/aromatic N) is 3. The predicted octanol–water partition coefficient (Wildman–Crippen LogP) is 5.85. The molecule has 0 aliphatic carbocycles. The summed E-state index contributed by atoms with van der Waals surface area (Å²) in [5.41, 5.74) is 6.26. The Hall–Kier alpha value is -3.49. The van der Waals surface area contributed by atoms with Crippen LogP contribution in [0.25, 0.3) is 5.69 Å². The molecule has 2 heterocycles. The quantitative estimate of drug-likeness (QED) is 0.276. The Balaban J connectivity index is 1.46. The topological polar surface area (TPSA) is 71.3 Å². The van der Waals surface area contributed by atoms with Gasteiger partial charge in [0.1, 0.15) is 5.82 Å². The monoisotopic (exact) mass is 467 g/mol. The fourth-order valence-electron chi connectivity index (χ4n) is 3.28. The van der Waals surface area contributed by atoms with Gasteiger partial charge in [0.15, 0.2) is 10.3 Å². The molecule has 0 bridgehead atoms. The molecule has 2 N–H and O–H groups in total. The maximum atomic E-state index is 13.2. The maximum Gasteiger partial charge on any atom is 0.273 e. The van der Waals surface area contributed by atoms with Crippen LogP contribution in [0.15, 0.2) is 65.8 Å². The van der Waals surface area contributed by atoms with Gasteiger partial charge in [0.05, 0.1) is 16.7 Å². The van der Waals surface area contributed by atoms with Crippen molar-refractivity contribution in [1.82, 2.24) is 15.0 Å². The number of hydrogen-bond donors (Lipinski definition) is 2. The predicted molar refractivity (Wildman–Crippen MR) is 127 cm³/mol. The first-order valence-electron chi connectivity index (χ1n) is 9.69. The standard InChI is InChI=1S/C23H19ClFN5OS/c1-14-12-19(15(2)30(14)18-10-8-16(25)9-11-18)22(31)29-26-13-20-21(24)28-23(32-20)27-17-6-4-3-5-7-17/h3-13H,1-2H3,(H,27,28)(H,29,31). The zero-order valence-electron chi connectivity index (χ0n) is 17.3. The first-order valence-corrected chi connectivity index (χ1v) is 10.9. The number of aryl methyl sites for hydroxylation is 1.